The van der Waals surface area contributed by atoms with Crippen LogP contribution in [0.3, 0.4) is 0 Å². The first kappa shape index (κ1) is 17.6. The van der Waals surface area contributed by atoms with Crippen molar-refractivity contribution in [3.63, 3.8) is 0 Å². The lowest BCUT2D eigenvalue weighted by Gasteiger charge is -2.57. The molecular weight excluding hydrogens is 296 g/mol. The van der Waals surface area contributed by atoms with Crippen LogP contribution in [0.4, 0.5) is 17.6 Å². The SMILES string of the molecule is CC.CC1PC(F)(F)C12CCN(CC(F)(F)P)CC2. The molecule has 0 radical (unpaired) electrons. The van der Waals surface area contributed by atoms with Crippen LogP contribution in [0.5, 0.6) is 0 Å². The van der Waals surface area contributed by atoms with Gasteiger partial charge in [0.2, 0.25) is 0 Å². The Morgan fingerprint density at radius 3 is 2.05 bits per heavy atom. The smallest absolute Gasteiger partial charge is 0.271 e. The molecule has 2 rings (SSSR count). The highest BCUT2D eigenvalue weighted by Gasteiger charge is 2.66. The van der Waals surface area contributed by atoms with Gasteiger partial charge < -0.3 is 0 Å². The quantitative estimate of drug-likeness (QED) is 0.544. The molecule has 3 atom stereocenters. The van der Waals surface area contributed by atoms with Crippen molar-refractivity contribution in [2.45, 2.75) is 50.6 Å². The van der Waals surface area contributed by atoms with Crippen molar-refractivity contribution in [1.82, 2.24) is 4.90 Å². The van der Waals surface area contributed by atoms with E-state index in [0.717, 1.165) is 0 Å². The van der Waals surface area contributed by atoms with Gasteiger partial charge in [-0.2, -0.15) is 0 Å². The zero-order valence-electron chi connectivity index (χ0n) is 11.6. The van der Waals surface area contributed by atoms with E-state index >= 15 is 0 Å². The lowest BCUT2D eigenvalue weighted by Crippen LogP contribution is -2.60. The molecule has 0 aliphatic carbocycles. The summed E-state index contributed by atoms with van der Waals surface area (Å²) in [7, 11) is 1.20. The first-order valence-corrected chi connectivity index (χ1v) is 8.36. The van der Waals surface area contributed by atoms with Crippen molar-refractivity contribution in [3.05, 3.63) is 0 Å². The highest BCUT2D eigenvalue weighted by molar-refractivity contribution is 7.42. The molecule has 114 valence electrons. The molecule has 19 heavy (non-hydrogen) atoms. The fourth-order valence-corrected chi connectivity index (χ4v) is 4.98. The van der Waals surface area contributed by atoms with Gasteiger partial charge in [0.1, 0.15) is 0 Å². The molecule has 1 nitrogen and oxygen atoms in total. The number of alkyl halides is 4. The maximum absolute atomic E-state index is 13.6. The molecule has 2 aliphatic rings. The second-order valence-corrected chi connectivity index (χ2v) is 7.76. The predicted octanol–water partition coefficient (Wildman–Crippen LogP) is 4.24. The molecule has 0 N–H and O–H groups in total. The molecule has 0 aromatic heterocycles. The van der Waals surface area contributed by atoms with E-state index in [0.29, 0.717) is 25.9 Å². The molecule has 0 aromatic carbocycles. The van der Waals surface area contributed by atoms with E-state index in [1.54, 1.807) is 4.90 Å². The van der Waals surface area contributed by atoms with Gasteiger partial charge in [0.15, 0.2) is 0 Å². The van der Waals surface area contributed by atoms with Gasteiger partial charge in [0.25, 0.3) is 11.3 Å². The van der Waals surface area contributed by atoms with Crippen LogP contribution in [0.2, 0.25) is 0 Å². The Kier molecular flexibility index (Phi) is 5.66. The number of halogens is 4. The molecule has 0 amide bonds. The van der Waals surface area contributed by atoms with Crippen LogP contribution < -0.4 is 0 Å². The van der Waals surface area contributed by atoms with Crippen molar-refractivity contribution in [2.75, 3.05) is 19.6 Å². The normalized spacial score (nSPS) is 30.6. The third kappa shape index (κ3) is 3.60. The molecule has 7 heteroatoms. The maximum atomic E-state index is 13.6. The van der Waals surface area contributed by atoms with Gasteiger partial charge in [0.05, 0.1) is 6.54 Å². The number of likely N-dealkylation sites (tertiary alicyclic amines) is 1. The molecule has 3 unspecified atom stereocenters. The lowest BCUT2D eigenvalue weighted by molar-refractivity contribution is -0.109. The molecule has 0 bridgehead atoms. The fourth-order valence-electron chi connectivity index (χ4n) is 2.90. The Balaban J connectivity index is 0.000000861. The molecule has 2 saturated heterocycles. The molecule has 2 fully saturated rings. The van der Waals surface area contributed by atoms with Crippen LogP contribution in [-0.2, 0) is 0 Å². The van der Waals surface area contributed by atoms with Crippen LogP contribution in [0.1, 0.15) is 33.6 Å². The third-order valence-electron chi connectivity index (χ3n) is 4.03. The van der Waals surface area contributed by atoms with Crippen LogP contribution in [0, 0.1) is 5.41 Å². The summed E-state index contributed by atoms with van der Waals surface area (Å²) in [5.41, 5.74) is -6.25. The van der Waals surface area contributed by atoms with Crippen molar-refractivity contribution in [3.8, 4) is 0 Å². The predicted molar refractivity (Wildman–Crippen MR) is 76.8 cm³/mol. The summed E-state index contributed by atoms with van der Waals surface area (Å²) in [6.45, 7) is 6.22. The number of nitrogens with zero attached hydrogens (tertiary/aromatic N) is 1. The van der Waals surface area contributed by atoms with E-state index in [9.17, 15) is 17.6 Å². The summed E-state index contributed by atoms with van der Waals surface area (Å²) in [6, 6.07) is 0. The summed E-state index contributed by atoms with van der Waals surface area (Å²) in [6.07, 6.45) is 0.684. The molecule has 2 heterocycles. The summed E-state index contributed by atoms with van der Waals surface area (Å²) in [5.74, 6) is 0. The van der Waals surface area contributed by atoms with Crippen molar-refractivity contribution >= 4 is 17.8 Å². The Hall–Kier alpha value is 0.540. The highest BCUT2D eigenvalue weighted by Crippen LogP contribution is 2.70. The standard InChI is InChI=1S/C10H17F4NP2.C2H6/c1-7-8(10(13,14)17-7)2-4-15(5-3-8)6-9(11,12)16;1-2/h7,17H,2-6,16H2,1H3;1-2H3. The van der Waals surface area contributed by atoms with E-state index in [1.165, 1.54) is 9.24 Å². The van der Waals surface area contributed by atoms with Gasteiger partial charge >= 0.3 is 0 Å². The van der Waals surface area contributed by atoms with Crippen LogP contribution >= 0.6 is 17.8 Å². The highest BCUT2D eigenvalue weighted by atomic mass is 31.1. The second-order valence-electron chi connectivity index (χ2n) is 5.13. The van der Waals surface area contributed by atoms with Gasteiger partial charge in [-0.3, -0.25) is 4.90 Å². The summed E-state index contributed by atoms with van der Waals surface area (Å²) in [4.78, 5) is 1.59. The van der Waals surface area contributed by atoms with Gasteiger partial charge in [-0.25, -0.2) is 17.6 Å². The molecular formula is C12H23F4NP2. The summed E-state index contributed by atoms with van der Waals surface area (Å²) >= 11 is 0. The van der Waals surface area contributed by atoms with Gasteiger partial charge in [-0.1, -0.05) is 30.0 Å². The van der Waals surface area contributed by atoms with Crippen molar-refractivity contribution in [1.29, 1.82) is 0 Å². The van der Waals surface area contributed by atoms with E-state index in [1.807, 2.05) is 20.8 Å². The summed E-state index contributed by atoms with van der Waals surface area (Å²) in [5, 5.41) is 0. The first-order valence-electron chi connectivity index (χ1n) is 6.71. The van der Waals surface area contributed by atoms with Gasteiger partial charge in [-0.05, 0) is 40.2 Å². The maximum Gasteiger partial charge on any atom is 0.271 e. The average molecular weight is 319 g/mol. The minimum absolute atomic E-state index is 0.0381. The van der Waals surface area contributed by atoms with Crippen molar-refractivity contribution in [2.24, 2.45) is 5.41 Å². The minimum Gasteiger partial charge on any atom is -0.297 e. The van der Waals surface area contributed by atoms with Crippen molar-refractivity contribution < 1.29 is 17.6 Å². The van der Waals surface area contributed by atoms with Gasteiger partial charge in [-0.15, -0.1) is 0 Å². The largest absolute Gasteiger partial charge is 0.297 e. The second kappa shape index (κ2) is 6.12. The van der Waals surface area contributed by atoms with Crippen LogP contribution in [0.15, 0.2) is 0 Å². The Labute approximate surface area is 116 Å². The Bertz CT molecular complexity index is 299. The van der Waals surface area contributed by atoms with E-state index in [-0.39, 0.29) is 20.8 Å². The van der Waals surface area contributed by atoms with E-state index in [2.05, 4.69) is 0 Å². The lowest BCUT2D eigenvalue weighted by atomic mass is 9.74. The zero-order valence-corrected chi connectivity index (χ0v) is 13.8. The molecule has 0 saturated carbocycles. The average Bonchev–Trinajstić information content (AvgIpc) is 2.30. The van der Waals surface area contributed by atoms with E-state index in [4.69, 9.17) is 0 Å². The third-order valence-corrected chi connectivity index (χ3v) is 6.06. The van der Waals surface area contributed by atoms with Crippen LogP contribution in [0.25, 0.3) is 0 Å². The van der Waals surface area contributed by atoms with Gasteiger partial charge in [0, 0.05) is 5.41 Å². The zero-order chi connectivity index (χ0) is 14.9. The monoisotopic (exact) mass is 319 g/mol. The molecule has 2 aliphatic heterocycles. The van der Waals surface area contributed by atoms with E-state index < -0.39 is 16.7 Å². The Morgan fingerprint density at radius 2 is 1.74 bits per heavy atom. The number of hydrogen-bond donors (Lipinski definition) is 0. The number of rotatable bonds is 2. The number of piperidine rings is 1. The molecule has 0 aromatic rings. The number of hydrogen-bond acceptors (Lipinski definition) is 1. The Morgan fingerprint density at radius 1 is 1.26 bits per heavy atom. The summed E-state index contributed by atoms with van der Waals surface area (Å²) < 4.78 is 52.9. The molecule has 1 spiro atoms. The first-order chi connectivity index (χ1) is 8.66. The minimum atomic E-state index is -2.82. The van der Waals surface area contributed by atoms with Crippen LogP contribution in [-0.4, -0.2) is 41.5 Å². The topological polar surface area (TPSA) is 3.24 Å². The fraction of sp³-hybridized carbons (Fsp3) is 1.00.